The van der Waals surface area contributed by atoms with Gasteiger partial charge < -0.3 is 5.73 Å². The van der Waals surface area contributed by atoms with Crippen molar-refractivity contribution in [3.63, 3.8) is 0 Å². The van der Waals surface area contributed by atoms with Crippen LogP contribution in [0.15, 0.2) is 12.3 Å². The number of nitrogens with zero attached hydrogens (tertiary/aromatic N) is 2. The average Bonchev–Trinajstić information content (AvgIpc) is 2.78. The van der Waals surface area contributed by atoms with Gasteiger partial charge in [0, 0.05) is 6.20 Å². The first-order valence-corrected chi connectivity index (χ1v) is 7.21. The number of aromatic nitrogens is 2. The van der Waals surface area contributed by atoms with E-state index in [1.54, 1.807) is 0 Å². The number of nitrogens with two attached hydrogens (primary N) is 1. The van der Waals surface area contributed by atoms with Gasteiger partial charge in [0.15, 0.2) is 0 Å². The van der Waals surface area contributed by atoms with Crippen LogP contribution in [0.5, 0.6) is 0 Å². The zero-order valence-electron chi connectivity index (χ0n) is 12.6. The minimum absolute atomic E-state index is 0.146. The van der Waals surface area contributed by atoms with E-state index in [4.69, 9.17) is 10.8 Å². The largest absolute Gasteiger partial charge is 0.330 e. The molecule has 0 spiro atoms. The van der Waals surface area contributed by atoms with Crippen LogP contribution in [0.4, 0.5) is 0 Å². The minimum Gasteiger partial charge on any atom is -0.330 e. The highest BCUT2D eigenvalue weighted by Crippen LogP contribution is 2.29. The van der Waals surface area contributed by atoms with Crippen molar-refractivity contribution in [2.75, 3.05) is 6.54 Å². The van der Waals surface area contributed by atoms with E-state index in [-0.39, 0.29) is 5.41 Å². The Labute approximate surface area is 112 Å². The van der Waals surface area contributed by atoms with Crippen molar-refractivity contribution in [1.29, 1.82) is 0 Å². The van der Waals surface area contributed by atoms with Crippen LogP contribution >= 0.6 is 0 Å². The molecular weight excluding hydrogens is 222 g/mol. The highest BCUT2D eigenvalue weighted by molar-refractivity contribution is 5.04. The molecule has 0 saturated heterocycles. The molecule has 1 unspecified atom stereocenters. The summed E-state index contributed by atoms with van der Waals surface area (Å²) in [6, 6.07) is 2.68. The van der Waals surface area contributed by atoms with E-state index in [1.807, 2.05) is 0 Å². The standard InChI is InChI=1S/C15H29N3/c1-6-14(7-2)18-9-8-13(17-18)10-15(5,11-16)12(3)4/h8-9,12,14H,6-7,10-11,16H2,1-5H3. The second kappa shape index (κ2) is 6.37. The lowest BCUT2D eigenvalue weighted by molar-refractivity contribution is 0.224. The van der Waals surface area contributed by atoms with Gasteiger partial charge >= 0.3 is 0 Å². The third-order valence-electron chi connectivity index (χ3n) is 4.43. The van der Waals surface area contributed by atoms with E-state index in [2.05, 4.69) is 51.6 Å². The topological polar surface area (TPSA) is 43.8 Å². The molecule has 1 heterocycles. The van der Waals surface area contributed by atoms with Crippen LogP contribution in [0.1, 0.15) is 59.2 Å². The molecular formula is C15H29N3. The van der Waals surface area contributed by atoms with Crippen LogP contribution in [-0.2, 0) is 6.42 Å². The number of hydrogen-bond donors (Lipinski definition) is 1. The third-order valence-corrected chi connectivity index (χ3v) is 4.43. The molecule has 0 fully saturated rings. The van der Waals surface area contributed by atoms with Crippen LogP contribution in [0, 0.1) is 11.3 Å². The number of hydrogen-bond acceptors (Lipinski definition) is 2. The Morgan fingerprint density at radius 3 is 2.39 bits per heavy atom. The average molecular weight is 251 g/mol. The van der Waals surface area contributed by atoms with Crippen molar-refractivity contribution in [2.45, 2.75) is 59.9 Å². The van der Waals surface area contributed by atoms with Gasteiger partial charge in [-0.25, -0.2) is 0 Å². The summed E-state index contributed by atoms with van der Waals surface area (Å²) in [5.41, 5.74) is 7.26. The van der Waals surface area contributed by atoms with E-state index in [9.17, 15) is 0 Å². The zero-order chi connectivity index (χ0) is 13.8. The van der Waals surface area contributed by atoms with Crippen molar-refractivity contribution in [1.82, 2.24) is 9.78 Å². The van der Waals surface area contributed by atoms with E-state index in [0.717, 1.165) is 19.3 Å². The predicted molar refractivity (Wildman–Crippen MR) is 77.5 cm³/mol. The van der Waals surface area contributed by atoms with Crippen LogP contribution in [-0.4, -0.2) is 16.3 Å². The van der Waals surface area contributed by atoms with Gasteiger partial charge in [-0.2, -0.15) is 5.10 Å². The lowest BCUT2D eigenvalue weighted by Crippen LogP contribution is -2.35. The maximum atomic E-state index is 5.94. The normalized spacial score (nSPS) is 15.3. The Bertz CT molecular complexity index is 352. The van der Waals surface area contributed by atoms with Crippen molar-refractivity contribution in [3.05, 3.63) is 18.0 Å². The summed E-state index contributed by atoms with van der Waals surface area (Å²) in [5.74, 6) is 0.570. The van der Waals surface area contributed by atoms with E-state index < -0.39 is 0 Å². The molecule has 1 aromatic heterocycles. The van der Waals surface area contributed by atoms with Gasteiger partial charge in [-0.15, -0.1) is 0 Å². The lowest BCUT2D eigenvalue weighted by atomic mass is 9.75. The third kappa shape index (κ3) is 3.35. The summed E-state index contributed by atoms with van der Waals surface area (Å²) in [7, 11) is 0. The van der Waals surface area contributed by atoms with Crippen LogP contribution in [0.25, 0.3) is 0 Å². The molecule has 3 nitrogen and oxygen atoms in total. The highest BCUT2D eigenvalue weighted by Gasteiger charge is 2.28. The zero-order valence-corrected chi connectivity index (χ0v) is 12.6. The van der Waals surface area contributed by atoms with E-state index in [0.29, 0.717) is 18.5 Å². The lowest BCUT2D eigenvalue weighted by Gasteiger charge is -2.31. The Morgan fingerprint density at radius 1 is 1.33 bits per heavy atom. The van der Waals surface area contributed by atoms with Crippen molar-refractivity contribution >= 4 is 0 Å². The first-order chi connectivity index (χ1) is 8.46. The fourth-order valence-electron chi connectivity index (χ4n) is 2.26. The molecule has 0 aromatic carbocycles. The Kier molecular flexibility index (Phi) is 5.39. The first kappa shape index (κ1) is 15.2. The summed E-state index contributed by atoms with van der Waals surface area (Å²) in [4.78, 5) is 0. The first-order valence-electron chi connectivity index (χ1n) is 7.21. The molecule has 2 N–H and O–H groups in total. The molecule has 0 aliphatic heterocycles. The van der Waals surface area contributed by atoms with Gasteiger partial charge in [-0.3, -0.25) is 4.68 Å². The van der Waals surface area contributed by atoms with Gasteiger partial charge in [0.25, 0.3) is 0 Å². The van der Waals surface area contributed by atoms with Gasteiger partial charge in [-0.1, -0.05) is 34.6 Å². The monoisotopic (exact) mass is 251 g/mol. The minimum atomic E-state index is 0.146. The fraction of sp³-hybridized carbons (Fsp3) is 0.800. The number of rotatable bonds is 7. The van der Waals surface area contributed by atoms with Crippen LogP contribution in [0.2, 0.25) is 0 Å². The van der Waals surface area contributed by atoms with Crippen molar-refractivity contribution in [3.8, 4) is 0 Å². The van der Waals surface area contributed by atoms with Crippen LogP contribution < -0.4 is 5.73 Å². The summed E-state index contributed by atoms with van der Waals surface area (Å²) in [5, 5.41) is 4.73. The quantitative estimate of drug-likeness (QED) is 0.807. The van der Waals surface area contributed by atoms with Gasteiger partial charge in [0.05, 0.1) is 11.7 Å². The fourth-order valence-corrected chi connectivity index (χ4v) is 2.26. The molecule has 0 aliphatic carbocycles. The molecule has 0 saturated carbocycles. The summed E-state index contributed by atoms with van der Waals surface area (Å²) in [6.07, 6.45) is 5.35. The summed E-state index contributed by atoms with van der Waals surface area (Å²) >= 11 is 0. The maximum Gasteiger partial charge on any atom is 0.0630 e. The van der Waals surface area contributed by atoms with Gasteiger partial charge in [0.1, 0.15) is 0 Å². The molecule has 1 atom stereocenters. The molecule has 1 aromatic rings. The Hall–Kier alpha value is -0.830. The molecule has 0 amide bonds. The molecule has 1 rings (SSSR count). The molecule has 104 valence electrons. The van der Waals surface area contributed by atoms with E-state index >= 15 is 0 Å². The summed E-state index contributed by atoms with van der Waals surface area (Å²) < 4.78 is 2.12. The Morgan fingerprint density at radius 2 is 1.94 bits per heavy atom. The van der Waals surface area contributed by atoms with Crippen LogP contribution in [0.3, 0.4) is 0 Å². The molecule has 18 heavy (non-hydrogen) atoms. The van der Waals surface area contributed by atoms with E-state index in [1.165, 1.54) is 5.69 Å². The van der Waals surface area contributed by atoms with Crippen molar-refractivity contribution in [2.24, 2.45) is 17.1 Å². The highest BCUT2D eigenvalue weighted by atomic mass is 15.3. The van der Waals surface area contributed by atoms with Gasteiger partial charge in [0.2, 0.25) is 0 Å². The summed E-state index contributed by atoms with van der Waals surface area (Å²) in [6.45, 7) is 11.9. The smallest absolute Gasteiger partial charge is 0.0630 e. The Balaban J connectivity index is 2.80. The van der Waals surface area contributed by atoms with Gasteiger partial charge in [-0.05, 0) is 43.2 Å². The second-order valence-corrected chi connectivity index (χ2v) is 5.95. The maximum absolute atomic E-state index is 5.94. The molecule has 3 heteroatoms. The molecule has 0 bridgehead atoms. The molecule has 0 aliphatic rings. The molecule has 0 radical (unpaired) electrons. The van der Waals surface area contributed by atoms with Crippen molar-refractivity contribution < 1.29 is 0 Å². The predicted octanol–water partition coefficient (Wildman–Crippen LogP) is 3.41. The second-order valence-electron chi connectivity index (χ2n) is 5.95. The SMILES string of the molecule is CCC(CC)n1ccc(CC(C)(CN)C(C)C)n1.